The summed E-state index contributed by atoms with van der Waals surface area (Å²) in [5.74, 6) is 1.31. The minimum absolute atomic E-state index is 0.0611. The van der Waals surface area contributed by atoms with Crippen LogP contribution in [0.25, 0.3) is 0 Å². The van der Waals surface area contributed by atoms with Crippen LogP contribution in [-0.4, -0.2) is 42.5 Å². The average Bonchev–Trinajstić information content (AvgIpc) is 2.80. The molecule has 0 unspecified atom stereocenters. The van der Waals surface area contributed by atoms with Crippen LogP contribution in [0.3, 0.4) is 0 Å². The molecule has 0 aliphatic rings. The van der Waals surface area contributed by atoms with Gasteiger partial charge in [-0.2, -0.15) is 0 Å². The minimum Gasteiger partial charge on any atom is -0.497 e. The van der Waals surface area contributed by atoms with Gasteiger partial charge in [0, 0.05) is 19.0 Å². The van der Waals surface area contributed by atoms with Crippen molar-refractivity contribution >= 4 is 11.8 Å². The molecule has 0 spiro atoms. The molecule has 2 aromatic rings. The molecular formula is C25H34N2O4. The molecule has 2 rings (SSSR count). The van der Waals surface area contributed by atoms with E-state index in [1.807, 2.05) is 68.4 Å². The molecule has 0 radical (unpaired) electrons. The molecule has 0 fully saturated rings. The normalized spacial score (nSPS) is 12.5. The molecule has 0 aliphatic carbocycles. The van der Waals surface area contributed by atoms with Gasteiger partial charge in [0.2, 0.25) is 11.8 Å². The van der Waals surface area contributed by atoms with Crippen molar-refractivity contribution in [1.82, 2.24) is 10.2 Å². The summed E-state index contributed by atoms with van der Waals surface area (Å²) in [7, 11) is 1.62. The van der Waals surface area contributed by atoms with Crippen LogP contribution in [0.4, 0.5) is 0 Å². The monoisotopic (exact) mass is 426 g/mol. The quantitative estimate of drug-likeness (QED) is 0.517. The number of methoxy groups -OCH3 is 1. The van der Waals surface area contributed by atoms with E-state index in [0.29, 0.717) is 26.0 Å². The summed E-state index contributed by atoms with van der Waals surface area (Å²) in [5, 5.41) is 2.98. The van der Waals surface area contributed by atoms with Crippen LogP contribution < -0.4 is 14.8 Å². The number of hydrogen-bond donors (Lipinski definition) is 1. The number of amides is 2. The number of carbonyl (C=O) groups is 2. The smallest absolute Gasteiger partial charge is 0.242 e. The molecule has 0 saturated heterocycles. The van der Waals surface area contributed by atoms with Gasteiger partial charge in [0.05, 0.1) is 13.7 Å². The summed E-state index contributed by atoms with van der Waals surface area (Å²) in [6.07, 6.45) is 1.72. The predicted molar refractivity (Wildman–Crippen MR) is 122 cm³/mol. The Morgan fingerprint density at radius 2 is 1.65 bits per heavy atom. The maximum Gasteiger partial charge on any atom is 0.242 e. The first kappa shape index (κ1) is 24.3. The Bertz CT molecular complexity index is 808. The summed E-state index contributed by atoms with van der Waals surface area (Å²) < 4.78 is 10.9. The Kier molecular flexibility index (Phi) is 9.88. The summed E-state index contributed by atoms with van der Waals surface area (Å²) in [6.45, 7) is 6.58. The van der Waals surface area contributed by atoms with Crippen LogP contribution in [0.15, 0.2) is 54.6 Å². The lowest BCUT2D eigenvalue weighted by Crippen LogP contribution is -2.49. The van der Waals surface area contributed by atoms with Crippen molar-refractivity contribution in [3.8, 4) is 11.5 Å². The fourth-order valence-electron chi connectivity index (χ4n) is 3.06. The van der Waals surface area contributed by atoms with E-state index in [-0.39, 0.29) is 17.9 Å². The highest BCUT2D eigenvalue weighted by Gasteiger charge is 2.26. The first-order valence-corrected chi connectivity index (χ1v) is 10.8. The van der Waals surface area contributed by atoms with Gasteiger partial charge in [0.1, 0.15) is 17.5 Å². The summed E-state index contributed by atoms with van der Waals surface area (Å²) >= 11 is 0. The molecule has 0 heterocycles. The molecule has 6 heteroatoms. The number of rotatable bonds is 12. The Morgan fingerprint density at radius 1 is 1.00 bits per heavy atom. The lowest BCUT2D eigenvalue weighted by molar-refractivity contribution is -0.141. The van der Waals surface area contributed by atoms with E-state index >= 15 is 0 Å². The van der Waals surface area contributed by atoms with Crippen molar-refractivity contribution in [3.05, 3.63) is 60.2 Å². The van der Waals surface area contributed by atoms with Crippen molar-refractivity contribution < 1.29 is 19.1 Å². The number of nitrogens with one attached hydrogen (secondary N) is 1. The SMILES string of the molecule is CC[C@@H](C)NC(=O)[C@@H](C)N(Cc1ccccc1)C(=O)CCCOc1ccc(OC)cc1. The molecule has 2 atom stereocenters. The van der Waals surface area contributed by atoms with Gasteiger partial charge in [-0.15, -0.1) is 0 Å². The second-order valence-electron chi connectivity index (χ2n) is 7.63. The molecule has 6 nitrogen and oxygen atoms in total. The third-order valence-corrected chi connectivity index (χ3v) is 5.23. The van der Waals surface area contributed by atoms with Crippen molar-refractivity contribution in [2.24, 2.45) is 0 Å². The molecule has 2 amide bonds. The Hall–Kier alpha value is -3.02. The maximum atomic E-state index is 13.0. The van der Waals surface area contributed by atoms with Gasteiger partial charge in [-0.05, 0) is 56.5 Å². The first-order chi connectivity index (χ1) is 14.9. The Labute approximate surface area is 185 Å². The second kappa shape index (κ2) is 12.6. The molecule has 31 heavy (non-hydrogen) atoms. The van der Waals surface area contributed by atoms with Gasteiger partial charge in [0.25, 0.3) is 0 Å². The zero-order valence-corrected chi connectivity index (χ0v) is 19.0. The van der Waals surface area contributed by atoms with Crippen LogP contribution >= 0.6 is 0 Å². The van der Waals surface area contributed by atoms with E-state index < -0.39 is 6.04 Å². The molecule has 168 valence electrons. The molecule has 2 aromatic carbocycles. The highest BCUT2D eigenvalue weighted by atomic mass is 16.5. The van der Waals surface area contributed by atoms with E-state index in [1.165, 1.54) is 0 Å². The first-order valence-electron chi connectivity index (χ1n) is 10.8. The minimum atomic E-state index is -0.552. The van der Waals surface area contributed by atoms with E-state index in [9.17, 15) is 9.59 Å². The lowest BCUT2D eigenvalue weighted by Gasteiger charge is -2.29. The van der Waals surface area contributed by atoms with Crippen LogP contribution in [0.5, 0.6) is 11.5 Å². The van der Waals surface area contributed by atoms with Crippen LogP contribution in [0, 0.1) is 0 Å². The van der Waals surface area contributed by atoms with Gasteiger partial charge in [-0.25, -0.2) is 0 Å². The Morgan fingerprint density at radius 3 is 2.26 bits per heavy atom. The summed E-state index contributed by atoms with van der Waals surface area (Å²) in [6, 6.07) is 16.6. The zero-order chi connectivity index (χ0) is 22.6. The molecule has 0 aliphatic heterocycles. The van der Waals surface area contributed by atoms with E-state index in [4.69, 9.17) is 9.47 Å². The fraction of sp³-hybridized carbons (Fsp3) is 0.440. The molecule has 0 aromatic heterocycles. The largest absolute Gasteiger partial charge is 0.497 e. The van der Waals surface area contributed by atoms with Crippen molar-refractivity contribution in [2.75, 3.05) is 13.7 Å². The summed E-state index contributed by atoms with van der Waals surface area (Å²) in [5.41, 5.74) is 0.994. The molecule has 0 saturated carbocycles. The fourth-order valence-corrected chi connectivity index (χ4v) is 3.06. The van der Waals surface area contributed by atoms with Crippen molar-refractivity contribution in [1.29, 1.82) is 0 Å². The van der Waals surface area contributed by atoms with E-state index in [2.05, 4.69) is 5.32 Å². The van der Waals surface area contributed by atoms with Crippen LogP contribution in [0.1, 0.15) is 45.6 Å². The third kappa shape index (κ3) is 7.96. The lowest BCUT2D eigenvalue weighted by atomic mass is 10.1. The van der Waals surface area contributed by atoms with Crippen LogP contribution in [0.2, 0.25) is 0 Å². The number of carbonyl (C=O) groups excluding carboxylic acids is 2. The van der Waals surface area contributed by atoms with Crippen LogP contribution in [-0.2, 0) is 16.1 Å². The molecular weight excluding hydrogens is 392 g/mol. The predicted octanol–water partition coefficient (Wildman–Crippen LogP) is 4.19. The zero-order valence-electron chi connectivity index (χ0n) is 19.0. The van der Waals surface area contributed by atoms with Crippen molar-refractivity contribution in [2.45, 2.75) is 58.7 Å². The summed E-state index contributed by atoms with van der Waals surface area (Å²) in [4.78, 5) is 27.3. The highest BCUT2D eigenvalue weighted by Crippen LogP contribution is 2.18. The van der Waals surface area contributed by atoms with E-state index in [1.54, 1.807) is 18.9 Å². The van der Waals surface area contributed by atoms with Gasteiger partial charge in [-0.3, -0.25) is 9.59 Å². The average molecular weight is 427 g/mol. The van der Waals surface area contributed by atoms with E-state index in [0.717, 1.165) is 23.5 Å². The van der Waals surface area contributed by atoms with Gasteiger partial charge >= 0.3 is 0 Å². The highest BCUT2D eigenvalue weighted by molar-refractivity contribution is 5.87. The van der Waals surface area contributed by atoms with Gasteiger partial charge in [-0.1, -0.05) is 37.3 Å². The van der Waals surface area contributed by atoms with Gasteiger partial charge < -0.3 is 19.7 Å². The molecule has 1 N–H and O–H groups in total. The standard InChI is InChI=1S/C25H34N2O4/c1-5-19(2)26-25(29)20(3)27(18-21-10-7-6-8-11-21)24(28)12-9-17-31-23-15-13-22(30-4)14-16-23/h6-8,10-11,13-16,19-20H,5,9,12,17-18H2,1-4H3,(H,26,29)/t19-,20-/m1/s1. The number of benzene rings is 2. The topological polar surface area (TPSA) is 67.9 Å². The Balaban J connectivity index is 1.95. The van der Waals surface area contributed by atoms with Crippen molar-refractivity contribution in [3.63, 3.8) is 0 Å². The number of nitrogens with zero attached hydrogens (tertiary/aromatic N) is 1. The number of ether oxygens (including phenoxy) is 2. The second-order valence-corrected chi connectivity index (χ2v) is 7.63. The molecule has 0 bridgehead atoms. The third-order valence-electron chi connectivity index (χ3n) is 5.23. The number of hydrogen-bond acceptors (Lipinski definition) is 4. The van der Waals surface area contributed by atoms with Gasteiger partial charge in [0.15, 0.2) is 0 Å². The maximum absolute atomic E-state index is 13.0.